The Morgan fingerprint density at radius 2 is 1.47 bits per heavy atom. The lowest BCUT2D eigenvalue weighted by Crippen LogP contribution is -2.41. The largest absolute Gasteiger partial charge is 0.468 e. The minimum atomic E-state index is -4.15. The van der Waals surface area contributed by atoms with E-state index in [2.05, 4.69) is 9.47 Å². The Balaban J connectivity index is 1.85. The summed E-state index contributed by atoms with van der Waals surface area (Å²) in [5.41, 5.74) is -0.432. The number of carbonyl (C=O) groups excluding carboxylic acids is 2. The van der Waals surface area contributed by atoms with Crippen LogP contribution >= 0.6 is 0 Å². The highest BCUT2D eigenvalue weighted by atomic mass is 32.2. The van der Waals surface area contributed by atoms with Crippen molar-refractivity contribution in [3.05, 3.63) is 58.9 Å². The quantitative estimate of drug-likeness (QED) is 0.215. The van der Waals surface area contributed by atoms with E-state index in [1.165, 1.54) is 0 Å². The number of halogens is 5. The molecule has 0 radical (unpaired) electrons. The van der Waals surface area contributed by atoms with Gasteiger partial charge in [0.2, 0.25) is 44.9 Å². The van der Waals surface area contributed by atoms with Crippen molar-refractivity contribution >= 4 is 22.0 Å². The zero-order chi connectivity index (χ0) is 23.8. The zero-order valence-corrected chi connectivity index (χ0v) is 17.0. The van der Waals surface area contributed by atoms with Crippen LogP contribution in [0.15, 0.2) is 29.2 Å². The number of ether oxygens (including phenoxy) is 2. The van der Waals surface area contributed by atoms with Gasteiger partial charge in [-0.1, -0.05) is 0 Å². The third-order valence-corrected chi connectivity index (χ3v) is 6.66. The molecule has 2 aromatic carbocycles. The van der Waals surface area contributed by atoms with Crippen molar-refractivity contribution in [2.45, 2.75) is 23.8 Å². The minimum Gasteiger partial charge on any atom is -0.468 e. The number of benzene rings is 2. The van der Waals surface area contributed by atoms with Gasteiger partial charge in [0, 0.05) is 6.54 Å². The van der Waals surface area contributed by atoms with Gasteiger partial charge in [0.1, 0.15) is 6.04 Å². The number of rotatable bonds is 5. The first-order valence-electron chi connectivity index (χ1n) is 8.94. The van der Waals surface area contributed by atoms with Crippen LogP contribution in [0.1, 0.15) is 23.2 Å². The normalized spacial score (nSPS) is 16.8. The van der Waals surface area contributed by atoms with Crippen molar-refractivity contribution < 1.29 is 49.4 Å². The molecule has 32 heavy (non-hydrogen) atoms. The van der Waals surface area contributed by atoms with Crippen LogP contribution in [0.5, 0.6) is 5.75 Å². The van der Waals surface area contributed by atoms with Gasteiger partial charge in [-0.2, -0.15) is 13.1 Å². The monoisotopic (exact) mass is 479 g/mol. The Hall–Kier alpha value is -3.06. The van der Waals surface area contributed by atoms with Crippen LogP contribution in [-0.4, -0.2) is 44.4 Å². The summed E-state index contributed by atoms with van der Waals surface area (Å²) in [6, 6.07) is 2.77. The van der Waals surface area contributed by atoms with E-state index in [0.717, 1.165) is 35.7 Å². The molecule has 0 N–H and O–H groups in total. The van der Waals surface area contributed by atoms with E-state index in [-0.39, 0.29) is 17.9 Å². The van der Waals surface area contributed by atoms with E-state index in [4.69, 9.17) is 0 Å². The molecule has 0 spiro atoms. The molecule has 2 aromatic rings. The molecule has 1 unspecified atom stereocenters. The van der Waals surface area contributed by atoms with E-state index < -0.39 is 68.4 Å². The summed E-state index contributed by atoms with van der Waals surface area (Å²) in [5, 5.41) is 0. The van der Waals surface area contributed by atoms with Crippen molar-refractivity contribution in [3.8, 4) is 5.75 Å². The number of carbonyl (C=O) groups is 2. The lowest BCUT2D eigenvalue weighted by atomic mass is 10.2. The van der Waals surface area contributed by atoms with Gasteiger partial charge < -0.3 is 9.47 Å². The molecule has 1 aliphatic heterocycles. The van der Waals surface area contributed by atoms with Crippen LogP contribution < -0.4 is 4.74 Å². The van der Waals surface area contributed by atoms with Crippen LogP contribution in [0, 0.1) is 29.1 Å². The average molecular weight is 479 g/mol. The third-order valence-electron chi connectivity index (χ3n) is 4.74. The van der Waals surface area contributed by atoms with Crippen molar-refractivity contribution in [1.29, 1.82) is 0 Å². The topological polar surface area (TPSA) is 90.0 Å². The molecule has 1 saturated heterocycles. The van der Waals surface area contributed by atoms with E-state index in [1.54, 1.807) is 0 Å². The number of methoxy groups -OCH3 is 1. The number of hydrogen-bond donors (Lipinski definition) is 0. The van der Waals surface area contributed by atoms with Crippen LogP contribution in [0.25, 0.3) is 0 Å². The van der Waals surface area contributed by atoms with Gasteiger partial charge in [0.25, 0.3) is 0 Å². The summed E-state index contributed by atoms with van der Waals surface area (Å²) < 4.78 is 102. The van der Waals surface area contributed by atoms with Gasteiger partial charge in [0.15, 0.2) is 0 Å². The fraction of sp³-hybridized carbons (Fsp3) is 0.263. The van der Waals surface area contributed by atoms with E-state index in [1.807, 2.05) is 0 Å². The van der Waals surface area contributed by atoms with E-state index >= 15 is 0 Å². The highest BCUT2D eigenvalue weighted by Gasteiger charge is 2.40. The summed E-state index contributed by atoms with van der Waals surface area (Å²) in [5.74, 6) is -15.7. The Bertz CT molecular complexity index is 1160. The molecule has 13 heteroatoms. The van der Waals surface area contributed by atoms with Crippen molar-refractivity contribution in [1.82, 2.24) is 4.31 Å². The van der Waals surface area contributed by atoms with Gasteiger partial charge in [-0.3, -0.25) is 4.79 Å². The summed E-state index contributed by atoms with van der Waals surface area (Å²) in [7, 11) is -3.03. The fourth-order valence-corrected chi connectivity index (χ4v) is 4.77. The summed E-state index contributed by atoms with van der Waals surface area (Å²) >= 11 is 0. The molecule has 3 rings (SSSR count). The standard InChI is InChI=1S/C19H14F5NO6S/c1-30-19(27)11-3-2-8-25(11)32(28,29)10-6-4-9(5-7-10)18(26)31-17-15(23)13(21)12(20)14(22)16(17)24/h4-7,11H,2-3,8H2,1H3. The molecule has 0 aromatic heterocycles. The zero-order valence-electron chi connectivity index (χ0n) is 16.2. The lowest BCUT2D eigenvalue weighted by molar-refractivity contribution is -0.144. The molecular formula is C19H14F5NO6S. The molecule has 7 nitrogen and oxygen atoms in total. The first-order valence-corrected chi connectivity index (χ1v) is 10.4. The minimum absolute atomic E-state index is 0.0616. The molecule has 1 fully saturated rings. The maximum absolute atomic E-state index is 13.7. The van der Waals surface area contributed by atoms with Gasteiger partial charge in [-0.05, 0) is 37.1 Å². The maximum Gasteiger partial charge on any atom is 0.343 e. The van der Waals surface area contributed by atoms with E-state index in [9.17, 15) is 40.0 Å². The SMILES string of the molecule is COC(=O)C1CCCN1S(=O)(=O)c1ccc(C(=O)Oc2c(F)c(F)c(F)c(F)c2F)cc1. The Morgan fingerprint density at radius 1 is 0.938 bits per heavy atom. The molecule has 0 amide bonds. The predicted molar refractivity (Wildman–Crippen MR) is 96.6 cm³/mol. The van der Waals surface area contributed by atoms with Gasteiger partial charge in [0.05, 0.1) is 17.6 Å². The second kappa shape index (κ2) is 8.82. The molecular weight excluding hydrogens is 465 g/mol. The molecule has 172 valence electrons. The summed E-state index contributed by atoms with van der Waals surface area (Å²) in [6.07, 6.45) is 0.684. The fourth-order valence-electron chi connectivity index (χ4n) is 3.12. The molecule has 1 atom stereocenters. The van der Waals surface area contributed by atoms with Crippen LogP contribution in [0.4, 0.5) is 22.0 Å². The Kier molecular flexibility index (Phi) is 6.51. The molecule has 0 aliphatic carbocycles. The first kappa shape index (κ1) is 23.6. The molecule has 1 aliphatic rings. The predicted octanol–water partition coefficient (Wildman–Crippen LogP) is 2.93. The van der Waals surface area contributed by atoms with Crippen molar-refractivity contribution in [2.24, 2.45) is 0 Å². The molecule has 0 saturated carbocycles. The number of esters is 2. The number of hydrogen-bond acceptors (Lipinski definition) is 6. The second-order valence-electron chi connectivity index (χ2n) is 6.61. The third kappa shape index (κ3) is 4.05. The first-order chi connectivity index (χ1) is 15.0. The molecule has 0 bridgehead atoms. The Morgan fingerprint density at radius 3 is 2.00 bits per heavy atom. The lowest BCUT2D eigenvalue weighted by Gasteiger charge is -2.22. The number of nitrogens with zero attached hydrogens (tertiary/aromatic N) is 1. The highest BCUT2D eigenvalue weighted by molar-refractivity contribution is 7.89. The van der Waals surface area contributed by atoms with Gasteiger partial charge in [-0.15, -0.1) is 0 Å². The second-order valence-corrected chi connectivity index (χ2v) is 8.50. The number of sulfonamides is 1. The van der Waals surface area contributed by atoms with Gasteiger partial charge in [-0.25, -0.2) is 26.4 Å². The average Bonchev–Trinajstić information content (AvgIpc) is 3.29. The Labute approximate surface area is 178 Å². The van der Waals surface area contributed by atoms with Crippen molar-refractivity contribution in [3.63, 3.8) is 0 Å². The maximum atomic E-state index is 13.7. The van der Waals surface area contributed by atoms with Gasteiger partial charge >= 0.3 is 11.9 Å². The summed E-state index contributed by atoms with van der Waals surface area (Å²) in [6.45, 7) is 0.0616. The smallest absolute Gasteiger partial charge is 0.343 e. The van der Waals surface area contributed by atoms with Crippen LogP contribution in [0.3, 0.4) is 0 Å². The van der Waals surface area contributed by atoms with Crippen LogP contribution in [-0.2, 0) is 19.6 Å². The van der Waals surface area contributed by atoms with Crippen molar-refractivity contribution in [2.75, 3.05) is 13.7 Å². The van der Waals surface area contributed by atoms with Crippen LogP contribution in [0.2, 0.25) is 0 Å². The highest BCUT2D eigenvalue weighted by Crippen LogP contribution is 2.30. The van der Waals surface area contributed by atoms with E-state index in [0.29, 0.717) is 6.42 Å². The molecule has 1 heterocycles. The summed E-state index contributed by atoms with van der Waals surface area (Å²) in [4.78, 5) is 23.6.